The minimum absolute atomic E-state index is 0.0299. The van der Waals surface area contributed by atoms with Crippen LogP contribution in [0.2, 0.25) is 0 Å². The highest BCUT2D eigenvalue weighted by Gasteiger charge is 2.25. The summed E-state index contributed by atoms with van der Waals surface area (Å²) >= 11 is 0. The fourth-order valence-corrected chi connectivity index (χ4v) is 4.26. The zero-order valence-electron chi connectivity index (χ0n) is 19.8. The molecule has 0 spiro atoms. The minimum Gasteiger partial charge on any atom is -0.494 e. The summed E-state index contributed by atoms with van der Waals surface area (Å²) in [7, 11) is 0. The lowest BCUT2D eigenvalue weighted by atomic mass is 10.0. The first-order valence-electron chi connectivity index (χ1n) is 11.9. The van der Waals surface area contributed by atoms with Gasteiger partial charge in [-0.3, -0.25) is 9.78 Å². The number of aromatic nitrogens is 5. The lowest BCUT2D eigenvalue weighted by Gasteiger charge is -2.32. The van der Waals surface area contributed by atoms with Crippen molar-refractivity contribution in [3.8, 4) is 22.7 Å². The first kappa shape index (κ1) is 23.4. The van der Waals surface area contributed by atoms with Gasteiger partial charge in [0.2, 0.25) is 5.95 Å². The number of hydrogen-bond donors (Lipinski definition) is 1. The second kappa shape index (κ2) is 10.5. The summed E-state index contributed by atoms with van der Waals surface area (Å²) in [6, 6.07) is 17.3. The average molecular weight is 488 g/mol. The van der Waals surface area contributed by atoms with Crippen molar-refractivity contribution in [2.45, 2.75) is 25.8 Å². The molecule has 1 N–H and O–H groups in total. The van der Waals surface area contributed by atoms with Crippen LogP contribution >= 0.6 is 0 Å². The Kier molecular flexibility index (Phi) is 6.83. The van der Waals surface area contributed by atoms with Crippen LogP contribution in [0, 0.1) is 5.82 Å². The van der Waals surface area contributed by atoms with Gasteiger partial charge < -0.3 is 15.0 Å². The molecule has 1 fully saturated rings. The molecule has 2 aromatic heterocycles. The molecule has 0 saturated carbocycles. The molecule has 1 amide bonds. The van der Waals surface area contributed by atoms with E-state index in [1.54, 1.807) is 28.9 Å². The van der Waals surface area contributed by atoms with Crippen LogP contribution in [-0.4, -0.2) is 56.8 Å². The van der Waals surface area contributed by atoms with Crippen LogP contribution in [0.5, 0.6) is 5.75 Å². The average Bonchev–Trinajstić information content (AvgIpc) is 3.40. The molecular weight excluding hydrogens is 461 g/mol. The van der Waals surface area contributed by atoms with Crippen molar-refractivity contribution in [1.29, 1.82) is 0 Å². The lowest BCUT2D eigenvalue weighted by molar-refractivity contribution is 0.0930. The van der Waals surface area contributed by atoms with Gasteiger partial charge in [0.15, 0.2) is 0 Å². The number of amides is 1. The molecule has 10 heteroatoms. The number of hydrogen-bond acceptors (Lipinski definition) is 7. The SMILES string of the molecule is CCOc1cccc(-n2nnnc2N2CCC(NC(=O)c3ccc(-c4cccc(F)c4)nc3)CC2)c1. The Hall–Kier alpha value is -4.34. The molecule has 0 aliphatic carbocycles. The molecule has 3 heterocycles. The van der Waals surface area contributed by atoms with Crippen LogP contribution in [0.4, 0.5) is 10.3 Å². The summed E-state index contributed by atoms with van der Waals surface area (Å²) < 4.78 is 20.8. The third kappa shape index (κ3) is 5.17. The van der Waals surface area contributed by atoms with Gasteiger partial charge in [-0.25, -0.2) is 4.39 Å². The fourth-order valence-electron chi connectivity index (χ4n) is 4.26. The Morgan fingerprint density at radius 3 is 2.69 bits per heavy atom. The van der Waals surface area contributed by atoms with Crippen molar-refractivity contribution >= 4 is 11.9 Å². The van der Waals surface area contributed by atoms with Crippen LogP contribution in [0.25, 0.3) is 16.9 Å². The van der Waals surface area contributed by atoms with E-state index in [9.17, 15) is 9.18 Å². The number of carbonyl (C=O) groups is 1. The lowest BCUT2D eigenvalue weighted by Crippen LogP contribution is -2.45. The highest BCUT2D eigenvalue weighted by Crippen LogP contribution is 2.23. The van der Waals surface area contributed by atoms with Crippen molar-refractivity contribution < 1.29 is 13.9 Å². The molecule has 9 nitrogen and oxygen atoms in total. The highest BCUT2D eigenvalue weighted by atomic mass is 19.1. The van der Waals surface area contributed by atoms with E-state index in [2.05, 4.69) is 30.7 Å². The highest BCUT2D eigenvalue weighted by molar-refractivity contribution is 5.94. The van der Waals surface area contributed by atoms with Crippen LogP contribution in [0.3, 0.4) is 0 Å². The molecule has 1 saturated heterocycles. The summed E-state index contributed by atoms with van der Waals surface area (Å²) in [5.41, 5.74) is 2.58. The monoisotopic (exact) mass is 487 g/mol. The number of carbonyl (C=O) groups excluding carboxylic acids is 1. The Balaban J connectivity index is 1.19. The van der Waals surface area contributed by atoms with Crippen molar-refractivity contribution in [2.24, 2.45) is 0 Å². The van der Waals surface area contributed by atoms with Crippen molar-refractivity contribution in [1.82, 2.24) is 30.5 Å². The third-order valence-electron chi connectivity index (χ3n) is 6.09. The maximum absolute atomic E-state index is 13.5. The van der Waals surface area contributed by atoms with E-state index in [1.165, 1.54) is 18.3 Å². The van der Waals surface area contributed by atoms with Crippen molar-refractivity contribution in [3.05, 3.63) is 78.2 Å². The van der Waals surface area contributed by atoms with Crippen molar-refractivity contribution in [2.75, 3.05) is 24.6 Å². The molecule has 36 heavy (non-hydrogen) atoms. The molecule has 5 rings (SSSR count). The van der Waals surface area contributed by atoms with Gasteiger partial charge in [0.1, 0.15) is 11.6 Å². The summed E-state index contributed by atoms with van der Waals surface area (Å²) in [6.07, 6.45) is 3.04. The number of ether oxygens (including phenoxy) is 1. The number of pyridine rings is 1. The predicted octanol–water partition coefficient (Wildman–Crippen LogP) is 3.66. The summed E-state index contributed by atoms with van der Waals surface area (Å²) in [5.74, 6) is 0.918. The van der Waals surface area contributed by atoms with E-state index >= 15 is 0 Å². The van der Waals surface area contributed by atoms with Crippen LogP contribution in [0.1, 0.15) is 30.1 Å². The quantitative estimate of drug-likeness (QED) is 0.425. The number of nitrogens with zero attached hydrogens (tertiary/aromatic N) is 6. The number of nitrogens with one attached hydrogen (secondary N) is 1. The second-order valence-corrected chi connectivity index (χ2v) is 8.50. The summed E-state index contributed by atoms with van der Waals surface area (Å²) in [5, 5.41) is 15.4. The van der Waals surface area contributed by atoms with E-state index in [1.807, 2.05) is 31.2 Å². The Labute approximate surface area is 207 Å². The summed E-state index contributed by atoms with van der Waals surface area (Å²) in [4.78, 5) is 19.2. The molecule has 1 aliphatic heterocycles. The first-order chi connectivity index (χ1) is 17.6. The summed E-state index contributed by atoms with van der Waals surface area (Å²) in [6.45, 7) is 3.93. The van der Waals surface area contributed by atoms with Gasteiger partial charge in [0.05, 0.1) is 23.6 Å². The standard InChI is InChI=1S/C26H26FN7O2/c1-2-36-23-8-4-7-22(16-23)34-26(30-31-32-34)33-13-11-21(12-14-33)29-25(35)19-9-10-24(28-17-19)18-5-3-6-20(27)15-18/h3-10,15-17,21H,2,11-14H2,1H3,(H,29,35). The largest absolute Gasteiger partial charge is 0.494 e. The molecule has 184 valence electrons. The Morgan fingerprint density at radius 2 is 1.94 bits per heavy atom. The molecular formula is C26H26FN7O2. The number of halogens is 1. The molecule has 4 aromatic rings. The Bertz CT molecular complexity index is 1330. The van der Waals surface area contributed by atoms with Gasteiger partial charge in [0.25, 0.3) is 5.91 Å². The van der Waals surface area contributed by atoms with E-state index in [0.29, 0.717) is 42.5 Å². The van der Waals surface area contributed by atoms with Crippen LogP contribution in [0.15, 0.2) is 66.9 Å². The number of rotatable bonds is 7. The second-order valence-electron chi connectivity index (χ2n) is 8.50. The van der Waals surface area contributed by atoms with E-state index in [0.717, 1.165) is 24.3 Å². The molecule has 0 radical (unpaired) electrons. The first-order valence-corrected chi connectivity index (χ1v) is 11.9. The van der Waals surface area contributed by atoms with Gasteiger partial charge >= 0.3 is 0 Å². The van der Waals surface area contributed by atoms with Gasteiger partial charge in [-0.15, -0.1) is 0 Å². The number of tetrazole rings is 1. The van der Waals surface area contributed by atoms with Crippen LogP contribution < -0.4 is 15.0 Å². The number of anilines is 1. The smallest absolute Gasteiger partial charge is 0.253 e. The number of piperidine rings is 1. The zero-order valence-corrected chi connectivity index (χ0v) is 19.8. The maximum atomic E-state index is 13.5. The minimum atomic E-state index is -0.324. The van der Waals surface area contributed by atoms with Gasteiger partial charge in [0, 0.05) is 37.0 Å². The molecule has 0 unspecified atom stereocenters. The van der Waals surface area contributed by atoms with E-state index in [-0.39, 0.29) is 17.8 Å². The van der Waals surface area contributed by atoms with Crippen molar-refractivity contribution in [3.63, 3.8) is 0 Å². The Morgan fingerprint density at radius 1 is 1.11 bits per heavy atom. The maximum Gasteiger partial charge on any atom is 0.253 e. The fraction of sp³-hybridized carbons (Fsp3) is 0.269. The molecule has 0 atom stereocenters. The van der Waals surface area contributed by atoms with Gasteiger partial charge in [-0.2, -0.15) is 4.68 Å². The van der Waals surface area contributed by atoms with Crippen LogP contribution in [-0.2, 0) is 0 Å². The zero-order chi connectivity index (χ0) is 24.9. The molecule has 1 aliphatic rings. The normalized spacial score (nSPS) is 14.0. The topological polar surface area (TPSA) is 98.1 Å². The van der Waals surface area contributed by atoms with Gasteiger partial charge in [-0.1, -0.05) is 23.3 Å². The predicted molar refractivity (Wildman–Crippen MR) is 133 cm³/mol. The van der Waals surface area contributed by atoms with E-state index < -0.39 is 0 Å². The van der Waals surface area contributed by atoms with Gasteiger partial charge in [-0.05, 0) is 66.6 Å². The van der Waals surface area contributed by atoms with E-state index in [4.69, 9.17) is 4.74 Å². The molecule has 0 bridgehead atoms. The molecule has 2 aromatic carbocycles. The number of benzene rings is 2. The third-order valence-corrected chi connectivity index (χ3v) is 6.09.